The molecular formula is C13H17N3O. The molecule has 3 rings (SSSR count). The van der Waals surface area contributed by atoms with Gasteiger partial charge in [-0.3, -0.25) is 9.48 Å². The topological polar surface area (TPSA) is 38.1 Å². The Labute approximate surface area is 101 Å². The van der Waals surface area contributed by atoms with E-state index in [1.165, 1.54) is 0 Å². The van der Waals surface area contributed by atoms with Gasteiger partial charge in [0.25, 0.3) is 5.91 Å². The van der Waals surface area contributed by atoms with Crippen molar-refractivity contribution in [3.63, 3.8) is 0 Å². The largest absolute Gasteiger partial charge is 0.340 e. The number of rotatable bonds is 0. The number of benzene rings is 1. The zero-order valence-corrected chi connectivity index (χ0v) is 10.5. The minimum atomic E-state index is 0.0832. The zero-order chi connectivity index (χ0) is 12.4. The van der Waals surface area contributed by atoms with Crippen LogP contribution in [0.1, 0.15) is 24.2 Å². The molecule has 0 bridgehead atoms. The predicted octanol–water partition coefficient (Wildman–Crippen LogP) is 2.15. The summed E-state index contributed by atoms with van der Waals surface area (Å²) in [6, 6.07) is 5.76. The van der Waals surface area contributed by atoms with Crippen molar-refractivity contribution in [1.29, 1.82) is 0 Å². The summed E-state index contributed by atoms with van der Waals surface area (Å²) in [5.74, 6) is 0.0832. The van der Waals surface area contributed by atoms with E-state index in [1.54, 1.807) is 4.90 Å². The van der Waals surface area contributed by atoms with Crippen LogP contribution in [0.4, 0.5) is 0 Å². The Balaban J connectivity index is 0.000000514. The smallest absolute Gasteiger partial charge is 0.255 e. The molecule has 0 unspecified atom stereocenters. The standard InChI is InChI=1S/C11H11N3O.C2H6/c1-13-5-6-14-10-8(7-12-14)3-2-4-9(10)11(13)15;1-2/h2-4,7H,5-6H2,1H3;1-2H3. The predicted molar refractivity (Wildman–Crippen MR) is 68.0 cm³/mol. The highest BCUT2D eigenvalue weighted by molar-refractivity contribution is 6.05. The summed E-state index contributed by atoms with van der Waals surface area (Å²) in [7, 11) is 1.83. The molecule has 1 amide bonds. The van der Waals surface area contributed by atoms with Crippen LogP contribution in [0.3, 0.4) is 0 Å². The van der Waals surface area contributed by atoms with Crippen LogP contribution < -0.4 is 0 Å². The van der Waals surface area contributed by atoms with Crippen LogP contribution in [0.2, 0.25) is 0 Å². The van der Waals surface area contributed by atoms with E-state index < -0.39 is 0 Å². The van der Waals surface area contributed by atoms with Crippen molar-refractivity contribution in [2.45, 2.75) is 20.4 Å². The summed E-state index contributed by atoms with van der Waals surface area (Å²) in [5, 5.41) is 5.33. The molecule has 1 aliphatic heterocycles. The summed E-state index contributed by atoms with van der Waals surface area (Å²) in [6.45, 7) is 5.48. The second-order valence-corrected chi connectivity index (χ2v) is 3.84. The van der Waals surface area contributed by atoms with Gasteiger partial charge in [-0.25, -0.2) is 0 Å². The second-order valence-electron chi connectivity index (χ2n) is 3.84. The number of likely N-dealkylation sites (N-methyl/N-ethyl adjacent to an activating group) is 1. The molecule has 90 valence electrons. The molecule has 0 saturated heterocycles. The first-order chi connectivity index (χ1) is 8.27. The Bertz CT molecular complexity index is 545. The number of aromatic nitrogens is 2. The molecule has 0 atom stereocenters. The SMILES string of the molecule is CC.CN1CCn2ncc3cccc(c32)C1=O. The van der Waals surface area contributed by atoms with Crippen LogP contribution in [0, 0.1) is 0 Å². The maximum absolute atomic E-state index is 12.0. The fraction of sp³-hybridized carbons (Fsp3) is 0.385. The summed E-state index contributed by atoms with van der Waals surface area (Å²) < 4.78 is 1.91. The van der Waals surface area contributed by atoms with Crippen LogP contribution in [0.15, 0.2) is 24.4 Å². The zero-order valence-electron chi connectivity index (χ0n) is 10.5. The molecule has 0 N–H and O–H groups in total. The van der Waals surface area contributed by atoms with Gasteiger partial charge in [0.05, 0.1) is 23.8 Å². The Morgan fingerprint density at radius 3 is 2.76 bits per heavy atom. The van der Waals surface area contributed by atoms with Crippen molar-refractivity contribution >= 4 is 16.8 Å². The summed E-state index contributed by atoms with van der Waals surface area (Å²) in [5.41, 5.74) is 1.72. The van der Waals surface area contributed by atoms with Crippen molar-refractivity contribution in [3.05, 3.63) is 30.0 Å². The van der Waals surface area contributed by atoms with E-state index in [4.69, 9.17) is 0 Å². The van der Waals surface area contributed by atoms with Gasteiger partial charge in [-0.1, -0.05) is 26.0 Å². The first-order valence-corrected chi connectivity index (χ1v) is 5.97. The number of carbonyl (C=O) groups excluding carboxylic acids is 1. The van der Waals surface area contributed by atoms with Crippen LogP contribution in [-0.4, -0.2) is 34.2 Å². The third-order valence-electron chi connectivity index (χ3n) is 2.89. The van der Waals surface area contributed by atoms with Crippen molar-refractivity contribution in [2.75, 3.05) is 13.6 Å². The van der Waals surface area contributed by atoms with E-state index in [2.05, 4.69) is 5.10 Å². The van der Waals surface area contributed by atoms with Gasteiger partial charge < -0.3 is 4.90 Å². The van der Waals surface area contributed by atoms with Gasteiger partial charge in [0.15, 0.2) is 0 Å². The van der Waals surface area contributed by atoms with Gasteiger partial charge in [0, 0.05) is 19.0 Å². The lowest BCUT2D eigenvalue weighted by atomic mass is 10.1. The van der Waals surface area contributed by atoms with E-state index in [1.807, 2.05) is 50.0 Å². The molecule has 1 aromatic heterocycles. The molecular weight excluding hydrogens is 214 g/mol. The summed E-state index contributed by atoms with van der Waals surface area (Å²) in [6.07, 6.45) is 1.82. The lowest BCUT2D eigenvalue weighted by molar-refractivity contribution is 0.0797. The molecule has 0 spiro atoms. The highest BCUT2D eigenvalue weighted by Crippen LogP contribution is 2.21. The molecule has 0 radical (unpaired) electrons. The minimum absolute atomic E-state index is 0.0832. The monoisotopic (exact) mass is 231 g/mol. The molecule has 0 aliphatic carbocycles. The van der Waals surface area contributed by atoms with E-state index in [9.17, 15) is 4.79 Å². The number of amides is 1. The Morgan fingerprint density at radius 2 is 2.00 bits per heavy atom. The van der Waals surface area contributed by atoms with Gasteiger partial charge in [-0.2, -0.15) is 5.10 Å². The average molecular weight is 231 g/mol. The van der Waals surface area contributed by atoms with E-state index in [0.717, 1.165) is 23.0 Å². The van der Waals surface area contributed by atoms with Gasteiger partial charge in [-0.15, -0.1) is 0 Å². The van der Waals surface area contributed by atoms with Gasteiger partial charge in [0.2, 0.25) is 0 Å². The fourth-order valence-corrected chi connectivity index (χ4v) is 2.04. The van der Waals surface area contributed by atoms with Crippen LogP contribution >= 0.6 is 0 Å². The van der Waals surface area contributed by atoms with E-state index in [0.29, 0.717) is 6.54 Å². The average Bonchev–Trinajstić information content (AvgIpc) is 2.75. The Hall–Kier alpha value is -1.84. The first kappa shape index (κ1) is 11.6. The molecule has 1 aromatic carbocycles. The Morgan fingerprint density at radius 1 is 1.24 bits per heavy atom. The molecule has 4 heteroatoms. The van der Waals surface area contributed by atoms with Crippen LogP contribution in [-0.2, 0) is 6.54 Å². The number of nitrogens with zero attached hydrogens (tertiary/aromatic N) is 3. The highest BCUT2D eigenvalue weighted by Gasteiger charge is 2.21. The van der Waals surface area contributed by atoms with E-state index >= 15 is 0 Å². The molecule has 2 aromatic rings. The normalized spacial score (nSPS) is 14.3. The third kappa shape index (κ3) is 1.79. The number of carbonyl (C=O) groups is 1. The van der Waals surface area contributed by atoms with Gasteiger partial charge in [-0.05, 0) is 6.07 Å². The lowest BCUT2D eigenvalue weighted by Crippen LogP contribution is -2.27. The highest BCUT2D eigenvalue weighted by atomic mass is 16.2. The lowest BCUT2D eigenvalue weighted by Gasteiger charge is -2.13. The van der Waals surface area contributed by atoms with Gasteiger partial charge in [0.1, 0.15) is 0 Å². The molecule has 4 nitrogen and oxygen atoms in total. The van der Waals surface area contributed by atoms with Crippen LogP contribution in [0.5, 0.6) is 0 Å². The van der Waals surface area contributed by atoms with Crippen molar-refractivity contribution < 1.29 is 4.79 Å². The molecule has 1 aliphatic rings. The second kappa shape index (κ2) is 4.57. The van der Waals surface area contributed by atoms with Gasteiger partial charge >= 0.3 is 0 Å². The summed E-state index contributed by atoms with van der Waals surface area (Å²) in [4.78, 5) is 13.7. The fourth-order valence-electron chi connectivity index (χ4n) is 2.04. The molecule has 0 saturated carbocycles. The number of hydrogen-bond acceptors (Lipinski definition) is 2. The van der Waals surface area contributed by atoms with E-state index in [-0.39, 0.29) is 5.91 Å². The first-order valence-electron chi connectivity index (χ1n) is 5.97. The molecule has 2 heterocycles. The van der Waals surface area contributed by atoms with Crippen molar-refractivity contribution in [2.24, 2.45) is 0 Å². The maximum Gasteiger partial charge on any atom is 0.255 e. The van der Waals surface area contributed by atoms with Crippen molar-refractivity contribution in [3.8, 4) is 0 Å². The van der Waals surface area contributed by atoms with Crippen LogP contribution in [0.25, 0.3) is 10.9 Å². The molecule has 0 fully saturated rings. The maximum atomic E-state index is 12.0. The number of para-hydroxylation sites is 1. The number of hydrogen-bond donors (Lipinski definition) is 0. The van der Waals surface area contributed by atoms with Crippen molar-refractivity contribution in [1.82, 2.24) is 14.7 Å². The Kier molecular flexibility index (Phi) is 3.13. The third-order valence-corrected chi connectivity index (χ3v) is 2.89. The minimum Gasteiger partial charge on any atom is -0.340 e. The quantitative estimate of drug-likeness (QED) is 0.696. The molecule has 17 heavy (non-hydrogen) atoms. The summed E-state index contributed by atoms with van der Waals surface area (Å²) >= 11 is 0.